The average molecular weight is 325 g/mol. The third-order valence-electron chi connectivity index (χ3n) is 2.92. The SMILES string of the molecule is COC(=O)c1sccc1S(=O)(=O)Nc1ccc(C)cc1C. The lowest BCUT2D eigenvalue weighted by atomic mass is 10.1. The minimum atomic E-state index is -3.83. The normalized spacial score (nSPS) is 11.2. The number of hydrogen-bond acceptors (Lipinski definition) is 5. The molecule has 7 heteroatoms. The van der Waals surface area contributed by atoms with Crippen LogP contribution in [0.1, 0.15) is 20.8 Å². The lowest BCUT2D eigenvalue weighted by Gasteiger charge is -2.11. The molecule has 1 aromatic carbocycles. The molecule has 2 rings (SSSR count). The highest BCUT2D eigenvalue weighted by molar-refractivity contribution is 7.93. The molecule has 0 aliphatic heterocycles. The Morgan fingerprint density at radius 2 is 1.95 bits per heavy atom. The Bertz CT molecular complexity index is 778. The van der Waals surface area contributed by atoms with Crippen molar-refractivity contribution in [3.8, 4) is 0 Å². The Kier molecular flexibility index (Phi) is 4.34. The summed E-state index contributed by atoms with van der Waals surface area (Å²) in [7, 11) is -2.61. The van der Waals surface area contributed by atoms with Crippen LogP contribution in [0.4, 0.5) is 5.69 Å². The van der Waals surface area contributed by atoms with E-state index < -0.39 is 16.0 Å². The predicted molar refractivity (Wildman–Crippen MR) is 82.4 cm³/mol. The number of sulfonamides is 1. The van der Waals surface area contributed by atoms with E-state index in [1.165, 1.54) is 13.2 Å². The molecule has 1 heterocycles. The fraction of sp³-hybridized carbons (Fsp3) is 0.214. The number of rotatable bonds is 4. The fourth-order valence-corrected chi connectivity index (χ4v) is 4.35. The zero-order chi connectivity index (χ0) is 15.6. The van der Waals surface area contributed by atoms with Crippen LogP contribution in [-0.2, 0) is 14.8 Å². The third-order valence-corrected chi connectivity index (χ3v) is 5.35. The number of benzene rings is 1. The van der Waals surface area contributed by atoms with Crippen LogP contribution in [0.3, 0.4) is 0 Å². The Labute approximate surface area is 127 Å². The van der Waals surface area contributed by atoms with Crippen molar-refractivity contribution in [2.24, 2.45) is 0 Å². The third kappa shape index (κ3) is 3.25. The summed E-state index contributed by atoms with van der Waals surface area (Å²) in [5, 5.41) is 1.54. The number of methoxy groups -OCH3 is 1. The standard InChI is InChI=1S/C14H15NO4S2/c1-9-4-5-11(10(2)8-9)15-21(17,18)12-6-7-20-13(12)14(16)19-3/h4-8,15H,1-3H3. The van der Waals surface area contributed by atoms with Gasteiger partial charge in [-0.05, 0) is 36.9 Å². The second kappa shape index (κ2) is 5.87. The van der Waals surface area contributed by atoms with Crippen molar-refractivity contribution in [1.82, 2.24) is 0 Å². The van der Waals surface area contributed by atoms with Gasteiger partial charge in [0.25, 0.3) is 10.0 Å². The Morgan fingerprint density at radius 1 is 1.24 bits per heavy atom. The van der Waals surface area contributed by atoms with E-state index >= 15 is 0 Å². The maximum absolute atomic E-state index is 12.4. The van der Waals surface area contributed by atoms with E-state index in [4.69, 9.17) is 0 Å². The van der Waals surface area contributed by atoms with Gasteiger partial charge in [-0.25, -0.2) is 13.2 Å². The van der Waals surface area contributed by atoms with E-state index in [9.17, 15) is 13.2 Å². The molecule has 5 nitrogen and oxygen atoms in total. The summed E-state index contributed by atoms with van der Waals surface area (Å²) in [5.74, 6) is -0.661. The van der Waals surface area contributed by atoms with Crippen LogP contribution in [0.15, 0.2) is 34.5 Å². The second-order valence-corrected chi connectivity index (χ2v) is 7.10. The summed E-state index contributed by atoms with van der Waals surface area (Å²) in [4.78, 5) is 11.6. The Morgan fingerprint density at radius 3 is 2.57 bits per heavy atom. The van der Waals surface area contributed by atoms with Crippen LogP contribution in [-0.4, -0.2) is 21.5 Å². The number of nitrogens with one attached hydrogen (secondary N) is 1. The molecule has 2 aromatic rings. The molecule has 0 amide bonds. The van der Waals surface area contributed by atoms with Crippen molar-refractivity contribution < 1.29 is 17.9 Å². The lowest BCUT2D eigenvalue weighted by molar-refractivity contribution is 0.0602. The van der Waals surface area contributed by atoms with Gasteiger partial charge in [0.2, 0.25) is 0 Å². The molecule has 0 unspecified atom stereocenters. The molecular weight excluding hydrogens is 310 g/mol. The van der Waals surface area contributed by atoms with Gasteiger partial charge in [0.1, 0.15) is 9.77 Å². The van der Waals surface area contributed by atoms with Gasteiger partial charge < -0.3 is 4.74 Å². The number of anilines is 1. The van der Waals surface area contributed by atoms with Gasteiger partial charge in [0, 0.05) is 0 Å². The highest BCUT2D eigenvalue weighted by atomic mass is 32.2. The summed E-state index contributed by atoms with van der Waals surface area (Å²) in [6, 6.07) is 6.79. The van der Waals surface area contributed by atoms with E-state index in [0.717, 1.165) is 22.5 Å². The molecule has 0 saturated heterocycles. The number of esters is 1. The largest absolute Gasteiger partial charge is 0.465 e. The minimum absolute atomic E-state index is 0.0646. The smallest absolute Gasteiger partial charge is 0.349 e. The van der Waals surface area contributed by atoms with Crippen LogP contribution in [0.5, 0.6) is 0 Å². The van der Waals surface area contributed by atoms with Crippen molar-refractivity contribution in [3.63, 3.8) is 0 Å². The van der Waals surface area contributed by atoms with Gasteiger partial charge >= 0.3 is 5.97 Å². The topological polar surface area (TPSA) is 72.5 Å². The molecule has 0 atom stereocenters. The van der Waals surface area contributed by atoms with Crippen LogP contribution in [0.25, 0.3) is 0 Å². The maximum Gasteiger partial charge on any atom is 0.349 e. The number of carbonyl (C=O) groups is 1. The predicted octanol–water partition coefficient (Wildman–Crippen LogP) is 2.95. The molecule has 0 aliphatic rings. The van der Waals surface area contributed by atoms with Crippen molar-refractivity contribution in [3.05, 3.63) is 45.6 Å². The zero-order valence-corrected chi connectivity index (χ0v) is 13.5. The van der Waals surface area contributed by atoms with Gasteiger partial charge in [0.15, 0.2) is 0 Å². The number of carbonyl (C=O) groups excluding carboxylic acids is 1. The van der Waals surface area contributed by atoms with Crippen molar-refractivity contribution in [1.29, 1.82) is 0 Å². The highest BCUT2D eigenvalue weighted by Gasteiger charge is 2.25. The summed E-state index contributed by atoms with van der Waals surface area (Å²) in [5.41, 5.74) is 2.34. The highest BCUT2D eigenvalue weighted by Crippen LogP contribution is 2.26. The molecule has 112 valence electrons. The number of aryl methyl sites for hydroxylation is 2. The first kappa shape index (κ1) is 15.5. The van der Waals surface area contributed by atoms with Gasteiger partial charge in [-0.15, -0.1) is 11.3 Å². The van der Waals surface area contributed by atoms with Crippen molar-refractivity contribution in [2.45, 2.75) is 18.7 Å². The van der Waals surface area contributed by atoms with Gasteiger partial charge in [-0.2, -0.15) is 0 Å². The first-order chi connectivity index (χ1) is 9.85. The molecule has 0 fully saturated rings. The molecule has 21 heavy (non-hydrogen) atoms. The summed E-state index contributed by atoms with van der Waals surface area (Å²) in [6.45, 7) is 3.75. The Hall–Kier alpha value is -1.86. The minimum Gasteiger partial charge on any atom is -0.465 e. The monoisotopic (exact) mass is 325 g/mol. The molecule has 0 aliphatic carbocycles. The Balaban J connectivity index is 2.39. The van der Waals surface area contributed by atoms with Crippen molar-refractivity contribution >= 4 is 33.0 Å². The fourth-order valence-electron chi connectivity index (χ4n) is 1.88. The van der Waals surface area contributed by atoms with Gasteiger partial charge in [-0.3, -0.25) is 4.72 Å². The van der Waals surface area contributed by atoms with Crippen molar-refractivity contribution in [2.75, 3.05) is 11.8 Å². The first-order valence-corrected chi connectivity index (χ1v) is 8.47. The second-order valence-electron chi connectivity index (χ2n) is 4.53. The zero-order valence-electron chi connectivity index (χ0n) is 11.8. The van der Waals surface area contributed by atoms with Gasteiger partial charge in [-0.1, -0.05) is 17.7 Å². The molecule has 0 spiro atoms. The summed E-state index contributed by atoms with van der Waals surface area (Å²) < 4.78 is 32.0. The average Bonchev–Trinajstić information content (AvgIpc) is 2.91. The van der Waals surface area contributed by atoms with Crippen LogP contribution in [0, 0.1) is 13.8 Å². The lowest BCUT2D eigenvalue weighted by Crippen LogP contribution is -2.16. The number of ether oxygens (including phenoxy) is 1. The van der Waals surface area contributed by atoms with E-state index in [1.54, 1.807) is 11.4 Å². The number of hydrogen-bond donors (Lipinski definition) is 1. The molecule has 0 saturated carbocycles. The van der Waals surface area contributed by atoms with E-state index in [2.05, 4.69) is 9.46 Å². The van der Waals surface area contributed by atoms with Crippen LogP contribution in [0.2, 0.25) is 0 Å². The summed E-state index contributed by atoms with van der Waals surface area (Å²) >= 11 is 1.03. The molecule has 1 N–H and O–H groups in total. The van der Waals surface area contributed by atoms with Crippen LogP contribution < -0.4 is 4.72 Å². The molecule has 0 radical (unpaired) electrons. The first-order valence-electron chi connectivity index (χ1n) is 6.11. The number of thiophene rings is 1. The van der Waals surface area contributed by atoms with E-state index in [-0.39, 0.29) is 9.77 Å². The van der Waals surface area contributed by atoms with E-state index in [1.807, 2.05) is 26.0 Å². The molecular formula is C14H15NO4S2. The van der Waals surface area contributed by atoms with Crippen LogP contribution >= 0.6 is 11.3 Å². The van der Waals surface area contributed by atoms with E-state index in [0.29, 0.717) is 5.69 Å². The van der Waals surface area contributed by atoms with Gasteiger partial charge in [0.05, 0.1) is 12.8 Å². The molecule has 1 aromatic heterocycles. The maximum atomic E-state index is 12.4. The molecule has 0 bridgehead atoms. The summed E-state index contributed by atoms with van der Waals surface area (Å²) in [6.07, 6.45) is 0. The quantitative estimate of drug-likeness (QED) is 0.877.